The molecule has 1 rings (SSSR count). The van der Waals surface area contributed by atoms with Crippen molar-refractivity contribution in [2.75, 3.05) is 13.6 Å². The summed E-state index contributed by atoms with van der Waals surface area (Å²) < 4.78 is 0. The number of nitrogens with one attached hydrogen (secondary N) is 2. The number of hydrogen-bond donors (Lipinski definition) is 2. The first-order valence-electron chi connectivity index (χ1n) is 6.14. The molecule has 1 aliphatic rings. The fourth-order valence-corrected chi connectivity index (χ4v) is 1.79. The first kappa shape index (κ1) is 12.3. The Morgan fingerprint density at radius 3 is 2.73 bits per heavy atom. The Morgan fingerprint density at radius 2 is 2.20 bits per heavy atom. The van der Waals surface area contributed by atoms with Gasteiger partial charge in [0, 0.05) is 19.6 Å². The second-order valence-corrected chi connectivity index (χ2v) is 4.88. The van der Waals surface area contributed by atoms with E-state index in [9.17, 15) is 0 Å². The van der Waals surface area contributed by atoms with E-state index in [0.29, 0.717) is 12.0 Å². The van der Waals surface area contributed by atoms with Crippen molar-refractivity contribution in [2.45, 2.75) is 46.1 Å². The van der Waals surface area contributed by atoms with Gasteiger partial charge < -0.3 is 10.6 Å². The average molecular weight is 211 g/mol. The van der Waals surface area contributed by atoms with Crippen molar-refractivity contribution in [3.8, 4) is 0 Å². The molecule has 3 heteroatoms. The first-order valence-corrected chi connectivity index (χ1v) is 6.14. The van der Waals surface area contributed by atoms with Gasteiger partial charge in [0.05, 0.1) is 0 Å². The van der Waals surface area contributed by atoms with Gasteiger partial charge in [-0.3, -0.25) is 4.99 Å². The van der Waals surface area contributed by atoms with Crippen molar-refractivity contribution in [3.05, 3.63) is 0 Å². The molecule has 0 radical (unpaired) electrons. The van der Waals surface area contributed by atoms with Gasteiger partial charge >= 0.3 is 0 Å². The zero-order valence-corrected chi connectivity index (χ0v) is 10.5. The number of aliphatic imine (C=N–C) groups is 1. The largest absolute Gasteiger partial charge is 0.356 e. The van der Waals surface area contributed by atoms with Crippen molar-refractivity contribution in [3.63, 3.8) is 0 Å². The Bertz CT molecular complexity index is 211. The fraction of sp³-hybridized carbons (Fsp3) is 0.917. The third-order valence-corrected chi connectivity index (χ3v) is 2.81. The Kier molecular flexibility index (Phi) is 4.92. The van der Waals surface area contributed by atoms with E-state index in [1.807, 2.05) is 7.05 Å². The predicted molar refractivity (Wildman–Crippen MR) is 66.1 cm³/mol. The van der Waals surface area contributed by atoms with Crippen molar-refractivity contribution < 1.29 is 0 Å². The highest BCUT2D eigenvalue weighted by atomic mass is 15.2. The van der Waals surface area contributed by atoms with Crippen LogP contribution in [0.1, 0.15) is 40.0 Å². The minimum absolute atomic E-state index is 0.661. The van der Waals surface area contributed by atoms with Gasteiger partial charge in [-0.25, -0.2) is 0 Å². The van der Waals surface area contributed by atoms with E-state index >= 15 is 0 Å². The normalized spacial score (nSPS) is 25.5. The molecule has 1 fully saturated rings. The quantitative estimate of drug-likeness (QED) is 0.539. The van der Waals surface area contributed by atoms with Gasteiger partial charge in [0.2, 0.25) is 0 Å². The van der Waals surface area contributed by atoms with Crippen LogP contribution in [0.25, 0.3) is 0 Å². The molecule has 2 N–H and O–H groups in total. The van der Waals surface area contributed by atoms with Crippen LogP contribution in [-0.2, 0) is 0 Å². The molecule has 1 aliphatic carbocycles. The van der Waals surface area contributed by atoms with Crippen LogP contribution in [0.15, 0.2) is 4.99 Å². The second-order valence-electron chi connectivity index (χ2n) is 4.88. The highest BCUT2D eigenvalue weighted by Crippen LogP contribution is 2.34. The number of nitrogens with zero attached hydrogens (tertiary/aromatic N) is 1. The fourth-order valence-electron chi connectivity index (χ4n) is 1.79. The van der Waals surface area contributed by atoms with Crippen LogP contribution in [0.5, 0.6) is 0 Å². The van der Waals surface area contributed by atoms with Gasteiger partial charge in [0.25, 0.3) is 0 Å². The highest BCUT2D eigenvalue weighted by molar-refractivity contribution is 5.80. The van der Waals surface area contributed by atoms with E-state index in [1.165, 1.54) is 19.3 Å². The molecule has 2 atom stereocenters. The lowest BCUT2D eigenvalue weighted by Gasteiger charge is -2.13. The van der Waals surface area contributed by atoms with Crippen LogP contribution in [0.4, 0.5) is 0 Å². The van der Waals surface area contributed by atoms with Gasteiger partial charge in [-0.15, -0.1) is 0 Å². The molecule has 15 heavy (non-hydrogen) atoms. The molecule has 0 amide bonds. The van der Waals surface area contributed by atoms with Crippen LogP contribution in [-0.4, -0.2) is 25.6 Å². The topological polar surface area (TPSA) is 36.4 Å². The van der Waals surface area contributed by atoms with Crippen LogP contribution >= 0.6 is 0 Å². The summed E-state index contributed by atoms with van der Waals surface area (Å²) >= 11 is 0. The molecule has 3 nitrogen and oxygen atoms in total. The van der Waals surface area contributed by atoms with E-state index in [4.69, 9.17) is 0 Å². The first-order chi connectivity index (χ1) is 7.17. The molecule has 0 saturated heterocycles. The zero-order chi connectivity index (χ0) is 11.3. The average Bonchev–Trinajstić information content (AvgIpc) is 2.91. The third kappa shape index (κ3) is 4.54. The number of rotatable bonds is 5. The molecular weight excluding hydrogens is 186 g/mol. The molecule has 0 aromatic heterocycles. The molecule has 0 heterocycles. The lowest BCUT2D eigenvalue weighted by molar-refractivity contribution is 0.606. The molecule has 0 aliphatic heterocycles. The maximum Gasteiger partial charge on any atom is 0.191 e. The standard InChI is InChI=1S/C12H25N3/c1-5-6-10-7-11(10)15-12(13-4)14-8-9(2)3/h9-11H,5-8H2,1-4H3,(H2,13,14,15). The Morgan fingerprint density at radius 1 is 1.47 bits per heavy atom. The molecule has 0 spiro atoms. The maximum absolute atomic E-state index is 4.23. The lowest BCUT2D eigenvalue weighted by atomic mass is 10.2. The van der Waals surface area contributed by atoms with Gasteiger partial charge in [-0.05, 0) is 24.7 Å². The van der Waals surface area contributed by atoms with E-state index in [-0.39, 0.29) is 0 Å². The second kappa shape index (κ2) is 5.99. The molecule has 1 saturated carbocycles. The summed E-state index contributed by atoms with van der Waals surface area (Å²) in [7, 11) is 1.84. The Hall–Kier alpha value is -0.730. The summed E-state index contributed by atoms with van der Waals surface area (Å²) in [6.07, 6.45) is 3.95. The number of hydrogen-bond acceptors (Lipinski definition) is 1. The van der Waals surface area contributed by atoms with Gasteiger partial charge in [0.15, 0.2) is 5.96 Å². The summed E-state index contributed by atoms with van der Waals surface area (Å²) in [5.41, 5.74) is 0. The monoisotopic (exact) mass is 211 g/mol. The predicted octanol–water partition coefficient (Wildman–Crippen LogP) is 2.00. The SMILES string of the molecule is CCCC1CC1NC(=NC)NCC(C)C. The molecule has 0 aromatic rings. The zero-order valence-electron chi connectivity index (χ0n) is 10.5. The van der Waals surface area contributed by atoms with Crippen LogP contribution < -0.4 is 10.6 Å². The van der Waals surface area contributed by atoms with Crippen LogP contribution in [0.3, 0.4) is 0 Å². The summed E-state index contributed by atoms with van der Waals surface area (Å²) in [6.45, 7) is 7.65. The van der Waals surface area contributed by atoms with Crippen molar-refractivity contribution in [2.24, 2.45) is 16.8 Å². The molecule has 0 bridgehead atoms. The smallest absolute Gasteiger partial charge is 0.191 e. The molecule has 0 aromatic carbocycles. The summed E-state index contributed by atoms with van der Waals surface area (Å²) in [5, 5.41) is 6.81. The van der Waals surface area contributed by atoms with Crippen molar-refractivity contribution in [1.29, 1.82) is 0 Å². The van der Waals surface area contributed by atoms with E-state index in [1.54, 1.807) is 0 Å². The maximum atomic E-state index is 4.23. The Balaban J connectivity index is 2.19. The minimum atomic E-state index is 0.661. The molecular formula is C12H25N3. The van der Waals surface area contributed by atoms with Crippen LogP contribution in [0, 0.1) is 11.8 Å². The van der Waals surface area contributed by atoms with E-state index in [0.717, 1.165) is 18.4 Å². The van der Waals surface area contributed by atoms with Gasteiger partial charge in [-0.2, -0.15) is 0 Å². The van der Waals surface area contributed by atoms with Gasteiger partial charge in [0.1, 0.15) is 0 Å². The van der Waals surface area contributed by atoms with Crippen molar-refractivity contribution >= 4 is 5.96 Å². The van der Waals surface area contributed by atoms with E-state index in [2.05, 4.69) is 36.4 Å². The Labute approximate surface area is 93.7 Å². The number of guanidine groups is 1. The van der Waals surface area contributed by atoms with Crippen molar-refractivity contribution in [1.82, 2.24) is 10.6 Å². The summed E-state index contributed by atoms with van der Waals surface area (Å²) in [4.78, 5) is 4.23. The van der Waals surface area contributed by atoms with E-state index < -0.39 is 0 Å². The summed E-state index contributed by atoms with van der Waals surface area (Å²) in [6, 6.07) is 0.670. The summed E-state index contributed by atoms with van der Waals surface area (Å²) in [5.74, 6) is 2.51. The lowest BCUT2D eigenvalue weighted by Crippen LogP contribution is -2.40. The van der Waals surface area contributed by atoms with Crippen LogP contribution in [0.2, 0.25) is 0 Å². The molecule has 2 unspecified atom stereocenters. The van der Waals surface area contributed by atoms with Gasteiger partial charge in [-0.1, -0.05) is 27.2 Å². The molecule has 88 valence electrons. The highest BCUT2D eigenvalue weighted by Gasteiger charge is 2.36. The minimum Gasteiger partial charge on any atom is -0.356 e. The third-order valence-electron chi connectivity index (χ3n) is 2.81.